The van der Waals surface area contributed by atoms with Gasteiger partial charge in [0.1, 0.15) is 5.75 Å². The molecule has 0 atom stereocenters. The fourth-order valence-corrected chi connectivity index (χ4v) is 1.72. The Hall–Kier alpha value is -3.48. The first-order valence-corrected chi connectivity index (χ1v) is 6.29. The summed E-state index contributed by atoms with van der Waals surface area (Å²) in [5, 5.41) is 8.38. The predicted octanol–water partition coefficient (Wildman–Crippen LogP) is 3.41. The molecule has 0 amide bonds. The number of ketones is 1. The summed E-state index contributed by atoms with van der Waals surface area (Å²) < 4.78 is 4.64. The Morgan fingerprint density at radius 3 is 2.36 bits per heavy atom. The predicted molar refractivity (Wildman–Crippen MR) is 80.3 cm³/mol. The molecule has 0 heterocycles. The number of nitriles is 1. The number of rotatable bonds is 5. The summed E-state index contributed by atoms with van der Waals surface area (Å²) in [5.74, 6) is 0.216. The van der Waals surface area contributed by atoms with E-state index in [1.165, 1.54) is 12.2 Å². The SMILES string of the molecule is N#COc1ccc(C(=O)/C=C/c2ccc(N=C=O)cc2)cc1. The molecule has 0 radical (unpaired) electrons. The number of benzene rings is 2. The van der Waals surface area contributed by atoms with Crippen molar-refractivity contribution in [1.82, 2.24) is 0 Å². The Morgan fingerprint density at radius 1 is 1.09 bits per heavy atom. The first-order chi connectivity index (χ1) is 10.7. The number of isocyanates is 1. The molecule has 0 aliphatic heterocycles. The number of ether oxygens (including phenoxy) is 1. The van der Waals surface area contributed by atoms with Gasteiger partial charge in [0.25, 0.3) is 6.26 Å². The lowest BCUT2D eigenvalue weighted by molar-refractivity contribution is 0.104. The Bertz CT molecular complexity index is 778. The van der Waals surface area contributed by atoms with E-state index in [2.05, 4.69) is 9.73 Å². The minimum atomic E-state index is -0.168. The first-order valence-electron chi connectivity index (χ1n) is 6.29. The molecular weight excluding hydrogens is 280 g/mol. The Balaban J connectivity index is 2.07. The molecule has 0 N–H and O–H groups in total. The number of hydrogen-bond donors (Lipinski definition) is 0. The maximum Gasteiger partial charge on any atom is 0.292 e. The van der Waals surface area contributed by atoms with Crippen LogP contribution in [0.3, 0.4) is 0 Å². The van der Waals surface area contributed by atoms with Crippen LogP contribution in [0.15, 0.2) is 59.6 Å². The fraction of sp³-hybridized carbons (Fsp3) is 0. The molecule has 5 nitrogen and oxygen atoms in total. The van der Waals surface area contributed by atoms with E-state index in [4.69, 9.17) is 5.26 Å². The number of hydrogen-bond acceptors (Lipinski definition) is 5. The van der Waals surface area contributed by atoms with Crippen molar-refractivity contribution in [1.29, 1.82) is 5.26 Å². The van der Waals surface area contributed by atoms with E-state index in [1.54, 1.807) is 60.9 Å². The van der Waals surface area contributed by atoms with Crippen molar-refractivity contribution < 1.29 is 14.3 Å². The molecule has 0 unspecified atom stereocenters. The van der Waals surface area contributed by atoms with Crippen LogP contribution in [0.4, 0.5) is 5.69 Å². The van der Waals surface area contributed by atoms with Gasteiger partial charge in [-0.15, -0.1) is 5.26 Å². The van der Waals surface area contributed by atoms with Gasteiger partial charge >= 0.3 is 0 Å². The minimum absolute atomic E-state index is 0.168. The van der Waals surface area contributed by atoms with Crippen LogP contribution in [-0.4, -0.2) is 11.9 Å². The summed E-state index contributed by atoms with van der Waals surface area (Å²) in [6.45, 7) is 0. The van der Waals surface area contributed by atoms with E-state index in [-0.39, 0.29) is 5.78 Å². The van der Waals surface area contributed by atoms with Crippen molar-refractivity contribution in [3.05, 3.63) is 65.7 Å². The van der Waals surface area contributed by atoms with Crippen molar-refractivity contribution in [3.63, 3.8) is 0 Å². The van der Waals surface area contributed by atoms with Gasteiger partial charge in [0.2, 0.25) is 6.08 Å². The second kappa shape index (κ2) is 7.34. The van der Waals surface area contributed by atoms with Crippen LogP contribution in [-0.2, 0) is 4.79 Å². The number of carbonyl (C=O) groups excluding carboxylic acids is 2. The van der Waals surface area contributed by atoms with Crippen molar-refractivity contribution in [3.8, 4) is 12.0 Å². The van der Waals surface area contributed by atoms with Crippen LogP contribution >= 0.6 is 0 Å². The largest absolute Gasteiger partial charge is 0.388 e. The van der Waals surface area contributed by atoms with Crippen LogP contribution in [0.1, 0.15) is 15.9 Å². The third-order valence-electron chi connectivity index (χ3n) is 2.80. The first kappa shape index (κ1) is 14.9. The summed E-state index contributed by atoms with van der Waals surface area (Å²) in [5.41, 5.74) is 1.80. The quantitative estimate of drug-likeness (QED) is 0.278. The van der Waals surface area contributed by atoms with Gasteiger partial charge in [0, 0.05) is 5.56 Å². The number of aliphatic imine (C=N–C) groups is 1. The molecule has 0 bridgehead atoms. The van der Waals surface area contributed by atoms with E-state index in [1.807, 2.05) is 0 Å². The van der Waals surface area contributed by atoms with Gasteiger partial charge < -0.3 is 4.74 Å². The average Bonchev–Trinajstić information content (AvgIpc) is 2.55. The standard InChI is InChI=1S/C17H10N2O3/c18-11-22-16-8-4-14(5-9-16)17(21)10-3-13-1-6-15(7-2-13)19-12-20/h1-10H/b10-3+. The van der Waals surface area contributed by atoms with Crippen molar-refractivity contribution in [2.75, 3.05) is 0 Å². The lowest BCUT2D eigenvalue weighted by atomic mass is 10.1. The molecule has 0 aromatic heterocycles. The highest BCUT2D eigenvalue weighted by Crippen LogP contribution is 2.15. The highest BCUT2D eigenvalue weighted by molar-refractivity contribution is 6.06. The summed E-state index contributed by atoms with van der Waals surface area (Å²) in [6, 6.07) is 13.1. The molecule has 106 valence electrons. The van der Waals surface area contributed by atoms with Crippen LogP contribution < -0.4 is 4.74 Å². The molecular formula is C17H10N2O3. The molecule has 2 rings (SSSR count). The third-order valence-corrected chi connectivity index (χ3v) is 2.80. The van der Waals surface area contributed by atoms with E-state index >= 15 is 0 Å². The monoisotopic (exact) mass is 290 g/mol. The average molecular weight is 290 g/mol. The second-order valence-corrected chi connectivity index (χ2v) is 4.21. The third kappa shape index (κ3) is 4.01. The topological polar surface area (TPSA) is 79.5 Å². The zero-order chi connectivity index (χ0) is 15.8. The zero-order valence-corrected chi connectivity index (χ0v) is 11.4. The lowest BCUT2D eigenvalue weighted by Crippen LogP contribution is -1.94. The van der Waals surface area contributed by atoms with Gasteiger partial charge in [0.15, 0.2) is 5.78 Å². The molecule has 0 spiro atoms. The molecule has 0 fully saturated rings. The molecule has 2 aromatic rings. The van der Waals surface area contributed by atoms with Gasteiger partial charge in [-0.25, -0.2) is 4.79 Å². The highest BCUT2D eigenvalue weighted by atomic mass is 16.5. The summed E-state index contributed by atoms with van der Waals surface area (Å²) in [4.78, 5) is 25.6. The summed E-state index contributed by atoms with van der Waals surface area (Å²) >= 11 is 0. The lowest BCUT2D eigenvalue weighted by Gasteiger charge is -1.98. The van der Waals surface area contributed by atoms with Crippen molar-refractivity contribution >= 4 is 23.6 Å². The fourth-order valence-electron chi connectivity index (χ4n) is 1.72. The van der Waals surface area contributed by atoms with Gasteiger partial charge in [0.05, 0.1) is 5.69 Å². The minimum Gasteiger partial charge on any atom is -0.388 e. The molecule has 0 saturated heterocycles. The smallest absolute Gasteiger partial charge is 0.292 e. The summed E-state index contributed by atoms with van der Waals surface area (Å²) in [7, 11) is 0. The number of carbonyl (C=O) groups is 1. The normalized spacial score (nSPS) is 9.77. The van der Waals surface area contributed by atoms with Gasteiger partial charge in [-0.05, 0) is 48.0 Å². The molecule has 0 aliphatic carbocycles. The van der Waals surface area contributed by atoms with Gasteiger partial charge in [-0.3, -0.25) is 4.79 Å². The molecule has 22 heavy (non-hydrogen) atoms. The Kier molecular flexibility index (Phi) is 4.98. The van der Waals surface area contributed by atoms with E-state index in [9.17, 15) is 9.59 Å². The maximum absolute atomic E-state index is 12.0. The van der Waals surface area contributed by atoms with Crippen LogP contribution in [0.2, 0.25) is 0 Å². The highest BCUT2D eigenvalue weighted by Gasteiger charge is 2.02. The maximum atomic E-state index is 12.0. The Labute approximate surface area is 126 Å². The molecule has 0 saturated carbocycles. The van der Waals surface area contributed by atoms with Crippen LogP contribution in [0.25, 0.3) is 6.08 Å². The molecule has 0 aliphatic rings. The van der Waals surface area contributed by atoms with Gasteiger partial charge in [-0.2, -0.15) is 4.99 Å². The van der Waals surface area contributed by atoms with E-state index in [0.717, 1.165) is 5.56 Å². The van der Waals surface area contributed by atoms with E-state index < -0.39 is 0 Å². The second-order valence-electron chi connectivity index (χ2n) is 4.21. The Morgan fingerprint density at radius 2 is 1.77 bits per heavy atom. The number of nitrogens with zero attached hydrogens (tertiary/aromatic N) is 2. The van der Waals surface area contributed by atoms with E-state index in [0.29, 0.717) is 17.0 Å². The van der Waals surface area contributed by atoms with Crippen molar-refractivity contribution in [2.45, 2.75) is 0 Å². The van der Waals surface area contributed by atoms with Crippen molar-refractivity contribution in [2.24, 2.45) is 4.99 Å². The van der Waals surface area contributed by atoms with Crippen LogP contribution in [0.5, 0.6) is 5.75 Å². The molecule has 5 heteroatoms. The summed E-state index contributed by atoms with van der Waals surface area (Å²) in [6.07, 6.45) is 6.13. The number of allylic oxidation sites excluding steroid dienone is 1. The molecule has 2 aromatic carbocycles. The van der Waals surface area contributed by atoms with Gasteiger partial charge in [-0.1, -0.05) is 18.2 Å². The zero-order valence-electron chi connectivity index (χ0n) is 11.4. The van der Waals surface area contributed by atoms with Crippen LogP contribution in [0, 0.1) is 11.5 Å².